The Morgan fingerprint density at radius 1 is 1.44 bits per heavy atom. The second kappa shape index (κ2) is 6.01. The molecular weight excluding hydrogens is 292 g/mol. The molecule has 0 unspecified atom stereocenters. The summed E-state index contributed by atoms with van der Waals surface area (Å²) in [5.41, 5.74) is 0.714. The van der Waals surface area contributed by atoms with Crippen molar-refractivity contribution in [3.8, 4) is 6.07 Å². The minimum absolute atomic E-state index is 0.195. The van der Waals surface area contributed by atoms with Crippen molar-refractivity contribution in [2.45, 2.75) is 39.2 Å². The largest absolute Gasteiger partial charge is 0.334 e. The molecule has 0 heterocycles. The van der Waals surface area contributed by atoms with E-state index in [0.29, 0.717) is 18.4 Å². The van der Waals surface area contributed by atoms with Crippen LogP contribution in [0.15, 0.2) is 22.7 Å². The molecule has 1 aromatic rings. The first kappa shape index (κ1) is 14.7. The molecule has 0 aliphatic carbocycles. The minimum atomic E-state index is -0.772. The van der Waals surface area contributed by atoms with Gasteiger partial charge < -0.3 is 5.32 Å². The lowest BCUT2D eigenvalue weighted by atomic mass is 9.94. The van der Waals surface area contributed by atoms with Crippen LogP contribution < -0.4 is 5.32 Å². The average Bonchev–Trinajstić information content (AvgIpc) is 2.39. The van der Waals surface area contributed by atoms with Crippen LogP contribution in [0.2, 0.25) is 0 Å². The highest BCUT2D eigenvalue weighted by molar-refractivity contribution is 9.10. The van der Waals surface area contributed by atoms with Crippen LogP contribution in [-0.2, 0) is 0 Å². The molecule has 4 heteroatoms. The molecule has 3 nitrogen and oxygen atoms in total. The Kier molecular flexibility index (Phi) is 4.92. The fourth-order valence-corrected chi connectivity index (χ4v) is 2.12. The van der Waals surface area contributed by atoms with Crippen LogP contribution in [0, 0.1) is 18.3 Å². The molecule has 0 saturated carbocycles. The van der Waals surface area contributed by atoms with Crippen molar-refractivity contribution in [3.63, 3.8) is 0 Å². The maximum Gasteiger partial charge on any atom is 0.252 e. The van der Waals surface area contributed by atoms with Gasteiger partial charge in [-0.1, -0.05) is 35.8 Å². The maximum atomic E-state index is 12.2. The normalized spacial score (nSPS) is 10.8. The first-order chi connectivity index (χ1) is 8.49. The van der Waals surface area contributed by atoms with E-state index < -0.39 is 5.54 Å². The number of rotatable bonds is 4. The highest BCUT2D eigenvalue weighted by Crippen LogP contribution is 2.21. The van der Waals surface area contributed by atoms with Crippen molar-refractivity contribution in [2.24, 2.45) is 0 Å². The van der Waals surface area contributed by atoms with Gasteiger partial charge in [-0.05, 0) is 37.5 Å². The third kappa shape index (κ3) is 2.91. The molecule has 0 aromatic heterocycles. The molecule has 18 heavy (non-hydrogen) atoms. The monoisotopic (exact) mass is 308 g/mol. The molecule has 0 saturated heterocycles. The molecule has 1 aromatic carbocycles. The van der Waals surface area contributed by atoms with Crippen molar-refractivity contribution in [1.29, 1.82) is 5.26 Å². The first-order valence-electron chi connectivity index (χ1n) is 5.98. The highest BCUT2D eigenvalue weighted by atomic mass is 79.9. The number of benzene rings is 1. The number of hydrogen-bond donors (Lipinski definition) is 1. The Morgan fingerprint density at radius 2 is 2.06 bits per heavy atom. The zero-order chi connectivity index (χ0) is 13.8. The van der Waals surface area contributed by atoms with Gasteiger partial charge in [-0.25, -0.2) is 0 Å². The number of nitrogens with zero attached hydrogens (tertiary/aromatic N) is 1. The summed E-state index contributed by atoms with van der Waals surface area (Å²) in [4.78, 5) is 12.2. The summed E-state index contributed by atoms with van der Waals surface area (Å²) in [5, 5.41) is 12.1. The van der Waals surface area contributed by atoms with Crippen LogP contribution in [0.5, 0.6) is 0 Å². The molecule has 0 aliphatic heterocycles. The van der Waals surface area contributed by atoms with E-state index in [4.69, 9.17) is 0 Å². The summed E-state index contributed by atoms with van der Waals surface area (Å²) in [6, 6.07) is 7.68. The molecule has 0 spiro atoms. The molecule has 0 atom stereocenters. The zero-order valence-electron chi connectivity index (χ0n) is 10.9. The van der Waals surface area contributed by atoms with Crippen molar-refractivity contribution < 1.29 is 4.79 Å². The molecular formula is C14H17BrN2O. The van der Waals surface area contributed by atoms with Gasteiger partial charge >= 0.3 is 0 Å². The average molecular weight is 309 g/mol. The van der Waals surface area contributed by atoms with Gasteiger partial charge in [-0.15, -0.1) is 0 Å². The van der Waals surface area contributed by atoms with E-state index in [1.165, 1.54) is 0 Å². The fourth-order valence-electron chi connectivity index (χ4n) is 1.75. The summed E-state index contributed by atoms with van der Waals surface area (Å²) < 4.78 is 0.894. The number of nitriles is 1. The molecule has 0 bridgehead atoms. The van der Waals surface area contributed by atoms with Gasteiger partial charge in [-0.2, -0.15) is 5.26 Å². The number of nitrogens with one attached hydrogen (secondary N) is 1. The molecule has 1 rings (SSSR count). The van der Waals surface area contributed by atoms with Gasteiger partial charge in [0.05, 0.1) is 6.07 Å². The van der Waals surface area contributed by atoms with Crippen LogP contribution in [0.1, 0.15) is 42.6 Å². The quantitative estimate of drug-likeness (QED) is 0.924. The van der Waals surface area contributed by atoms with Crippen LogP contribution in [0.3, 0.4) is 0 Å². The Labute approximate surface area is 116 Å². The highest BCUT2D eigenvalue weighted by Gasteiger charge is 2.28. The summed E-state index contributed by atoms with van der Waals surface area (Å²) >= 11 is 3.40. The predicted molar refractivity (Wildman–Crippen MR) is 75.3 cm³/mol. The SMILES string of the molecule is CCC(C#N)(CC)NC(=O)c1cccc(Br)c1C. The number of carbonyl (C=O) groups is 1. The lowest BCUT2D eigenvalue weighted by Crippen LogP contribution is -2.46. The predicted octanol–water partition coefficient (Wildman–Crippen LogP) is 3.57. The van der Waals surface area contributed by atoms with Crippen molar-refractivity contribution in [3.05, 3.63) is 33.8 Å². The zero-order valence-corrected chi connectivity index (χ0v) is 12.5. The molecule has 1 amide bonds. The lowest BCUT2D eigenvalue weighted by molar-refractivity contribution is 0.0915. The van der Waals surface area contributed by atoms with Crippen LogP contribution in [-0.4, -0.2) is 11.4 Å². The second-order valence-corrected chi connectivity index (χ2v) is 5.12. The summed E-state index contributed by atoms with van der Waals surface area (Å²) in [6.07, 6.45) is 1.19. The second-order valence-electron chi connectivity index (χ2n) is 4.27. The van der Waals surface area contributed by atoms with Gasteiger partial charge in [-0.3, -0.25) is 4.79 Å². The summed E-state index contributed by atoms with van der Waals surface area (Å²) in [5.74, 6) is -0.195. The van der Waals surface area contributed by atoms with Crippen molar-refractivity contribution in [2.75, 3.05) is 0 Å². The van der Waals surface area contributed by atoms with Gasteiger partial charge in [0.25, 0.3) is 5.91 Å². The van der Waals surface area contributed by atoms with E-state index in [0.717, 1.165) is 10.0 Å². The van der Waals surface area contributed by atoms with E-state index in [1.54, 1.807) is 6.07 Å². The van der Waals surface area contributed by atoms with Gasteiger partial charge in [0.15, 0.2) is 0 Å². The minimum Gasteiger partial charge on any atom is -0.334 e. The number of amides is 1. The number of hydrogen-bond acceptors (Lipinski definition) is 2. The number of halogens is 1. The molecule has 0 fully saturated rings. The molecule has 96 valence electrons. The van der Waals surface area contributed by atoms with E-state index in [1.807, 2.05) is 32.9 Å². The van der Waals surface area contributed by atoms with E-state index in [2.05, 4.69) is 27.3 Å². The van der Waals surface area contributed by atoms with Crippen LogP contribution in [0.4, 0.5) is 0 Å². The first-order valence-corrected chi connectivity index (χ1v) is 6.78. The third-order valence-corrected chi connectivity index (χ3v) is 4.15. The smallest absolute Gasteiger partial charge is 0.252 e. The van der Waals surface area contributed by atoms with Gasteiger partial charge in [0.2, 0.25) is 0 Å². The Balaban J connectivity index is 3.03. The Bertz CT molecular complexity index is 487. The van der Waals surface area contributed by atoms with E-state index in [-0.39, 0.29) is 5.91 Å². The Hall–Kier alpha value is -1.34. The topological polar surface area (TPSA) is 52.9 Å². The van der Waals surface area contributed by atoms with Crippen LogP contribution in [0.25, 0.3) is 0 Å². The standard InChI is InChI=1S/C14H17BrN2O/c1-4-14(5-2,9-16)17-13(18)11-7-6-8-12(15)10(11)3/h6-8H,4-5H2,1-3H3,(H,17,18). The summed E-state index contributed by atoms with van der Waals surface area (Å²) in [7, 11) is 0. The van der Waals surface area contributed by atoms with Gasteiger partial charge in [0.1, 0.15) is 5.54 Å². The Morgan fingerprint density at radius 3 is 2.56 bits per heavy atom. The van der Waals surface area contributed by atoms with E-state index >= 15 is 0 Å². The van der Waals surface area contributed by atoms with Crippen molar-refractivity contribution in [1.82, 2.24) is 5.32 Å². The lowest BCUT2D eigenvalue weighted by Gasteiger charge is -2.25. The third-order valence-electron chi connectivity index (χ3n) is 3.29. The molecule has 1 N–H and O–H groups in total. The number of carbonyl (C=O) groups excluding carboxylic acids is 1. The van der Waals surface area contributed by atoms with Gasteiger partial charge in [0, 0.05) is 10.0 Å². The van der Waals surface area contributed by atoms with Crippen molar-refractivity contribution >= 4 is 21.8 Å². The van der Waals surface area contributed by atoms with E-state index in [9.17, 15) is 10.1 Å². The maximum absolute atomic E-state index is 12.2. The molecule has 0 aliphatic rings. The summed E-state index contributed by atoms with van der Waals surface area (Å²) in [6.45, 7) is 5.69. The van der Waals surface area contributed by atoms with Crippen LogP contribution >= 0.6 is 15.9 Å². The fraction of sp³-hybridized carbons (Fsp3) is 0.429. The molecule has 0 radical (unpaired) electrons.